The van der Waals surface area contributed by atoms with Gasteiger partial charge >= 0.3 is 5.97 Å². The predicted octanol–water partition coefficient (Wildman–Crippen LogP) is 6.10. The molecular formula is C31H32N2O2. The van der Waals surface area contributed by atoms with E-state index in [2.05, 4.69) is 89.9 Å². The van der Waals surface area contributed by atoms with Crippen LogP contribution >= 0.6 is 0 Å². The fraction of sp³-hybridized carbons (Fsp3) is 0.258. The molecule has 0 aliphatic carbocycles. The SMILES string of the molecule is C[C@@H](NC[C@@H]1CN(Cc2ccc(C(=O)O)cc2)C[C@@H]1c1ccccc1)c1cccc2ccccc12. The van der Waals surface area contributed by atoms with E-state index in [-0.39, 0.29) is 6.04 Å². The number of aromatic carboxylic acids is 1. The number of rotatable bonds is 8. The van der Waals surface area contributed by atoms with Crippen molar-refractivity contribution in [3.05, 3.63) is 119 Å². The number of benzene rings is 4. The van der Waals surface area contributed by atoms with Gasteiger partial charge in [-0.2, -0.15) is 0 Å². The summed E-state index contributed by atoms with van der Waals surface area (Å²) in [5.41, 5.74) is 4.22. The van der Waals surface area contributed by atoms with E-state index in [0.717, 1.165) is 31.7 Å². The van der Waals surface area contributed by atoms with E-state index in [1.807, 2.05) is 12.1 Å². The molecule has 1 aliphatic rings. The molecule has 0 saturated carbocycles. The molecule has 0 bridgehead atoms. The number of hydrogen-bond acceptors (Lipinski definition) is 3. The highest BCUT2D eigenvalue weighted by Gasteiger charge is 2.33. The molecule has 1 saturated heterocycles. The van der Waals surface area contributed by atoms with Crippen LogP contribution in [-0.4, -0.2) is 35.6 Å². The summed E-state index contributed by atoms with van der Waals surface area (Å²) in [6.45, 7) is 6.04. The average molecular weight is 465 g/mol. The first kappa shape index (κ1) is 23.3. The Morgan fingerprint density at radius 2 is 1.63 bits per heavy atom. The Morgan fingerprint density at radius 3 is 2.40 bits per heavy atom. The van der Waals surface area contributed by atoms with Gasteiger partial charge in [0.25, 0.3) is 0 Å². The summed E-state index contributed by atoms with van der Waals surface area (Å²) in [4.78, 5) is 13.7. The highest BCUT2D eigenvalue weighted by Crippen LogP contribution is 2.34. The number of carboxylic acids is 1. The quantitative estimate of drug-likeness (QED) is 0.331. The first-order valence-electron chi connectivity index (χ1n) is 12.4. The molecule has 0 aromatic heterocycles. The van der Waals surface area contributed by atoms with Crippen LogP contribution in [0, 0.1) is 5.92 Å². The second kappa shape index (κ2) is 10.4. The van der Waals surface area contributed by atoms with Crippen LogP contribution in [0.15, 0.2) is 97.1 Å². The molecule has 1 fully saturated rings. The van der Waals surface area contributed by atoms with E-state index in [4.69, 9.17) is 0 Å². The summed E-state index contributed by atoms with van der Waals surface area (Å²) in [5.74, 6) is 0.0724. The Balaban J connectivity index is 1.30. The number of fused-ring (bicyclic) bond motifs is 1. The normalized spacial score (nSPS) is 19.1. The molecule has 2 N–H and O–H groups in total. The monoisotopic (exact) mass is 464 g/mol. The van der Waals surface area contributed by atoms with Crippen LogP contribution in [0.1, 0.15) is 45.9 Å². The summed E-state index contributed by atoms with van der Waals surface area (Å²) in [6, 6.07) is 33.5. The summed E-state index contributed by atoms with van der Waals surface area (Å²) in [7, 11) is 0. The highest BCUT2D eigenvalue weighted by atomic mass is 16.4. The van der Waals surface area contributed by atoms with Gasteiger partial charge in [-0.1, -0.05) is 84.9 Å². The van der Waals surface area contributed by atoms with E-state index >= 15 is 0 Å². The molecular weight excluding hydrogens is 432 g/mol. The first-order chi connectivity index (χ1) is 17.1. The molecule has 4 aromatic carbocycles. The number of nitrogens with one attached hydrogen (secondary N) is 1. The third kappa shape index (κ3) is 5.29. The Kier molecular flexibility index (Phi) is 6.94. The lowest BCUT2D eigenvalue weighted by Crippen LogP contribution is -2.30. The van der Waals surface area contributed by atoms with Gasteiger partial charge in [-0.25, -0.2) is 4.79 Å². The maximum Gasteiger partial charge on any atom is 0.335 e. The Morgan fingerprint density at radius 1 is 0.914 bits per heavy atom. The second-order valence-corrected chi connectivity index (χ2v) is 9.67. The molecule has 178 valence electrons. The Hall–Kier alpha value is -3.47. The molecule has 3 atom stereocenters. The molecule has 0 spiro atoms. The number of likely N-dealkylation sites (tertiary alicyclic amines) is 1. The lowest BCUT2D eigenvalue weighted by Gasteiger charge is -2.23. The predicted molar refractivity (Wildman–Crippen MR) is 142 cm³/mol. The van der Waals surface area contributed by atoms with Gasteiger partial charge in [0.15, 0.2) is 0 Å². The third-order valence-corrected chi connectivity index (χ3v) is 7.33. The molecule has 1 aliphatic heterocycles. The second-order valence-electron chi connectivity index (χ2n) is 9.67. The molecule has 0 radical (unpaired) electrons. The van der Waals surface area contributed by atoms with Gasteiger partial charge in [0.2, 0.25) is 0 Å². The van der Waals surface area contributed by atoms with Crippen molar-refractivity contribution in [3.63, 3.8) is 0 Å². The third-order valence-electron chi connectivity index (χ3n) is 7.33. The molecule has 35 heavy (non-hydrogen) atoms. The number of carbonyl (C=O) groups is 1. The van der Waals surface area contributed by atoms with E-state index in [1.54, 1.807) is 12.1 Å². The number of hydrogen-bond donors (Lipinski definition) is 2. The zero-order valence-corrected chi connectivity index (χ0v) is 20.1. The fourth-order valence-corrected chi connectivity index (χ4v) is 5.45. The zero-order valence-electron chi connectivity index (χ0n) is 20.1. The van der Waals surface area contributed by atoms with Crippen molar-refractivity contribution >= 4 is 16.7 Å². The Bertz CT molecular complexity index is 1280. The number of carboxylic acid groups (broad SMARTS) is 1. The summed E-state index contributed by atoms with van der Waals surface area (Å²) < 4.78 is 0. The molecule has 0 unspecified atom stereocenters. The maximum absolute atomic E-state index is 11.2. The van der Waals surface area contributed by atoms with Crippen molar-refractivity contribution in [3.8, 4) is 0 Å². The first-order valence-corrected chi connectivity index (χ1v) is 12.4. The van der Waals surface area contributed by atoms with E-state index in [9.17, 15) is 9.90 Å². The van der Waals surface area contributed by atoms with Crippen molar-refractivity contribution in [1.29, 1.82) is 0 Å². The fourth-order valence-electron chi connectivity index (χ4n) is 5.45. The van der Waals surface area contributed by atoms with Crippen molar-refractivity contribution in [2.24, 2.45) is 5.92 Å². The van der Waals surface area contributed by atoms with Gasteiger partial charge in [-0.05, 0) is 52.4 Å². The lowest BCUT2D eigenvalue weighted by molar-refractivity contribution is 0.0697. The lowest BCUT2D eigenvalue weighted by atomic mass is 9.88. The minimum absolute atomic E-state index is 0.259. The topological polar surface area (TPSA) is 52.6 Å². The van der Waals surface area contributed by atoms with Gasteiger partial charge < -0.3 is 10.4 Å². The van der Waals surface area contributed by atoms with Crippen LogP contribution in [0.25, 0.3) is 10.8 Å². The van der Waals surface area contributed by atoms with Crippen molar-refractivity contribution in [2.45, 2.75) is 25.4 Å². The van der Waals surface area contributed by atoms with Gasteiger partial charge in [0.1, 0.15) is 0 Å². The van der Waals surface area contributed by atoms with Gasteiger partial charge in [-0.3, -0.25) is 4.90 Å². The van der Waals surface area contributed by atoms with Crippen LogP contribution in [0.4, 0.5) is 0 Å². The summed E-state index contributed by atoms with van der Waals surface area (Å²) >= 11 is 0. The average Bonchev–Trinajstić information content (AvgIpc) is 3.30. The summed E-state index contributed by atoms with van der Waals surface area (Å²) in [6.07, 6.45) is 0. The van der Waals surface area contributed by atoms with Crippen LogP contribution in [0.3, 0.4) is 0 Å². The van der Waals surface area contributed by atoms with Crippen molar-refractivity contribution in [1.82, 2.24) is 10.2 Å². The molecule has 1 heterocycles. The van der Waals surface area contributed by atoms with Crippen molar-refractivity contribution < 1.29 is 9.90 Å². The molecule has 4 heteroatoms. The molecule has 4 nitrogen and oxygen atoms in total. The Labute approximate surface area is 207 Å². The van der Waals surface area contributed by atoms with Gasteiger partial charge in [0.05, 0.1) is 5.56 Å². The van der Waals surface area contributed by atoms with E-state index < -0.39 is 5.97 Å². The standard InChI is InChI=1S/C31H32N2O2/c1-22(28-13-7-11-24-10-5-6-12-29(24)28)32-18-27-20-33(21-30(27)25-8-3-2-4-9-25)19-23-14-16-26(17-15-23)31(34)35/h2-17,22,27,30,32H,18-21H2,1H3,(H,34,35)/t22-,27-,30-/m1/s1. The van der Waals surface area contributed by atoms with Crippen LogP contribution in [0.2, 0.25) is 0 Å². The molecule has 0 amide bonds. The zero-order chi connectivity index (χ0) is 24.2. The molecule has 4 aromatic rings. The van der Waals surface area contributed by atoms with Crippen LogP contribution in [-0.2, 0) is 6.54 Å². The smallest absolute Gasteiger partial charge is 0.335 e. The van der Waals surface area contributed by atoms with Gasteiger partial charge in [0, 0.05) is 38.1 Å². The minimum Gasteiger partial charge on any atom is -0.478 e. The van der Waals surface area contributed by atoms with E-state index in [0.29, 0.717) is 17.4 Å². The maximum atomic E-state index is 11.2. The van der Waals surface area contributed by atoms with Crippen LogP contribution < -0.4 is 5.32 Å². The highest BCUT2D eigenvalue weighted by molar-refractivity contribution is 5.87. The minimum atomic E-state index is -0.881. The van der Waals surface area contributed by atoms with Crippen LogP contribution in [0.5, 0.6) is 0 Å². The summed E-state index contributed by atoms with van der Waals surface area (Å²) in [5, 5.41) is 15.6. The largest absolute Gasteiger partial charge is 0.478 e. The van der Waals surface area contributed by atoms with E-state index in [1.165, 1.54) is 21.9 Å². The molecule has 5 rings (SSSR count). The van der Waals surface area contributed by atoms with Crippen molar-refractivity contribution in [2.75, 3.05) is 19.6 Å². The van der Waals surface area contributed by atoms with Gasteiger partial charge in [-0.15, -0.1) is 0 Å². The number of nitrogens with zero attached hydrogens (tertiary/aromatic N) is 1.